The monoisotopic (exact) mass is 537 g/mol. The molecule has 0 aliphatic rings. The van der Waals surface area contributed by atoms with Gasteiger partial charge in [0.1, 0.15) is 17.8 Å². The number of halogens is 3. The zero-order valence-electron chi connectivity index (χ0n) is 19.5. The largest absolute Gasteiger partial charge is 0.490 e. The van der Waals surface area contributed by atoms with E-state index in [-0.39, 0.29) is 5.96 Å². The van der Waals surface area contributed by atoms with Crippen molar-refractivity contribution in [2.45, 2.75) is 38.5 Å². The van der Waals surface area contributed by atoms with Crippen LogP contribution in [0.25, 0.3) is 0 Å². The number of carboxylic acid groups (broad SMARTS) is 3. The molecule has 2 amide bonds. The number of nitrogens with one attached hydrogen (secondary N) is 2. The predicted octanol–water partition coefficient (Wildman–Crippen LogP) is -0.211. The van der Waals surface area contributed by atoms with Crippen molar-refractivity contribution in [1.82, 2.24) is 10.6 Å². The van der Waals surface area contributed by atoms with E-state index < -0.39 is 66.9 Å². The summed E-state index contributed by atoms with van der Waals surface area (Å²) in [5.41, 5.74) is 11.0. The van der Waals surface area contributed by atoms with Crippen molar-refractivity contribution in [3.05, 3.63) is 24.3 Å². The van der Waals surface area contributed by atoms with Crippen LogP contribution in [-0.2, 0) is 24.0 Å². The molecule has 9 N–H and O–H groups in total. The SMILES string of the molecule is CC(C)[C@H](NC(=O)[C@H](CC(=O)O)NC(=O)COc1ccc(N=C(N)N)cc1)C(=O)O.O=C(O)C(F)(F)F. The Balaban J connectivity index is 0.00000161. The van der Waals surface area contributed by atoms with E-state index in [2.05, 4.69) is 15.6 Å². The molecule has 17 heteroatoms. The molecule has 0 unspecified atom stereocenters. The molecule has 0 fully saturated rings. The zero-order valence-corrected chi connectivity index (χ0v) is 19.5. The molecule has 1 aromatic carbocycles. The molecule has 0 heterocycles. The Labute approximate surface area is 207 Å². The topological polar surface area (TPSA) is 244 Å². The molecule has 0 spiro atoms. The Kier molecular flexibility index (Phi) is 12.9. The van der Waals surface area contributed by atoms with Crippen LogP contribution in [0, 0.1) is 5.92 Å². The number of rotatable bonds is 11. The van der Waals surface area contributed by atoms with Crippen molar-refractivity contribution in [2.24, 2.45) is 22.4 Å². The molecular formula is C20H26F3N5O9. The summed E-state index contributed by atoms with van der Waals surface area (Å²) in [6, 6.07) is 3.42. The molecule has 0 saturated heterocycles. The molecule has 0 bridgehead atoms. The molecule has 0 radical (unpaired) electrons. The molecule has 2 atom stereocenters. The van der Waals surface area contributed by atoms with E-state index in [0.717, 1.165) is 0 Å². The lowest BCUT2D eigenvalue weighted by Crippen LogP contribution is -2.54. The number of ether oxygens (including phenoxy) is 1. The molecular weight excluding hydrogens is 511 g/mol. The minimum atomic E-state index is -5.08. The second-order valence-electron chi connectivity index (χ2n) is 7.41. The lowest BCUT2D eigenvalue weighted by atomic mass is 10.0. The van der Waals surface area contributed by atoms with Gasteiger partial charge in [0.05, 0.1) is 12.1 Å². The molecule has 1 rings (SSSR count). The minimum Gasteiger partial charge on any atom is -0.484 e. The fourth-order valence-electron chi connectivity index (χ4n) is 2.30. The molecule has 0 saturated carbocycles. The number of carbonyl (C=O) groups is 5. The third kappa shape index (κ3) is 13.8. The number of aliphatic imine (C=N–C) groups is 1. The van der Waals surface area contributed by atoms with Gasteiger partial charge in [0.2, 0.25) is 5.91 Å². The summed E-state index contributed by atoms with van der Waals surface area (Å²) in [4.78, 5) is 59.4. The van der Waals surface area contributed by atoms with Crippen LogP contribution < -0.4 is 26.8 Å². The van der Waals surface area contributed by atoms with Crippen molar-refractivity contribution in [3.8, 4) is 5.75 Å². The van der Waals surface area contributed by atoms with E-state index in [0.29, 0.717) is 11.4 Å². The average molecular weight is 537 g/mol. The molecule has 0 aromatic heterocycles. The summed E-state index contributed by atoms with van der Waals surface area (Å²) >= 11 is 0. The zero-order chi connectivity index (χ0) is 28.9. The van der Waals surface area contributed by atoms with Crippen LogP contribution in [0.5, 0.6) is 5.75 Å². The number of amides is 2. The second kappa shape index (κ2) is 14.7. The van der Waals surface area contributed by atoms with Gasteiger partial charge < -0.3 is 42.2 Å². The third-order valence-corrected chi connectivity index (χ3v) is 3.97. The third-order valence-electron chi connectivity index (χ3n) is 3.97. The maximum atomic E-state index is 12.3. The van der Waals surface area contributed by atoms with Gasteiger partial charge >= 0.3 is 24.1 Å². The maximum Gasteiger partial charge on any atom is 0.490 e. The van der Waals surface area contributed by atoms with Gasteiger partial charge in [-0.25, -0.2) is 14.6 Å². The number of nitrogens with zero attached hydrogens (tertiary/aromatic N) is 1. The number of aliphatic carboxylic acids is 3. The number of alkyl halides is 3. The number of guanidine groups is 1. The van der Waals surface area contributed by atoms with Crippen LogP contribution in [0.4, 0.5) is 18.9 Å². The molecule has 206 valence electrons. The van der Waals surface area contributed by atoms with E-state index in [1.54, 1.807) is 26.0 Å². The summed E-state index contributed by atoms with van der Waals surface area (Å²) in [7, 11) is 0. The second-order valence-corrected chi connectivity index (χ2v) is 7.41. The van der Waals surface area contributed by atoms with Crippen LogP contribution in [0.15, 0.2) is 29.3 Å². The van der Waals surface area contributed by atoms with Crippen LogP contribution >= 0.6 is 0 Å². The van der Waals surface area contributed by atoms with Crippen molar-refractivity contribution in [2.75, 3.05) is 6.61 Å². The van der Waals surface area contributed by atoms with Crippen molar-refractivity contribution >= 4 is 41.4 Å². The quantitative estimate of drug-likeness (QED) is 0.144. The smallest absolute Gasteiger partial charge is 0.484 e. The highest BCUT2D eigenvalue weighted by molar-refractivity contribution is 5.93. The standard InChI is InChI=1S/C18H25N5O7.C2HF3O2/c1-9(2)15(17(28)29)23-16(27)12(7-14(25)26)22-13(24)8-30-11-5-3-10(4-6-11)21-18(19)20;3-2(4,5)1(6)7/h3-6,9,12,15H,7-8H2,1-2H3,(H,22,24)(H,23,27)(H,25,26)(H,28,29)(H4,19,20,21);(H,6,7)/t12-,15-;/m0./s1. The first-order chi connectivity index (χ1) is 16.9. The molecule has 37 heavy (non-hydrogen) atoms. The number of hydrogen-bond acceptors (Lipinski definition) is 7. The van der Waals surface area contributed by atoms with Gasteiger partial charge in [-0.1, -0.05) is 13.8 Å². The van der Waals surface area contributed by atoms with Crippen LogP contribution in [0.3, 0.4) is 0 Å². The highest BCUT2D eigenvalue weighted by atomic mass is 19.4. The first-order valence-corrected chi connectivity index (χ1v) is 10.1. The van der Waals surface area contributed by atoms with Gasteiger partial charge in [-0.3, -0.25) is 14.4 Å². The van der Waals surface area contributed by atoms with E-state index in [9.17, 15) is 32.3 Å². The van der Waals surface area contributed by atoms with Gasteiger partial charge in [0, 0.05) is 0 Å². The Morgan fingerprint density at radius 3 is 1.89 bits per heavy atom. The van der Waals surface area contributed by atoms with E-state index in [4.69, 9.17) is 36.3 Å². The maximum absolute atomic E-state index is 12.3. The van der Waals surface area contributed by atoms with Gasteiger partial charge in [-0.2, -0.15) is 13.2 Å². The highest BCUT2D eigenvalue weighted by Gasteiger charge is 2.38. The number of nitrogens with two attached hydrogens (primary N) is 2. The average Bonchev–Trinajstić information content (AvgIpc) is 2.75. The Morgan fingerprint density at radius 1 is 1.00 bits per heavy atom. The van der Waals surface area contributed by atoms with Crippen LogP contribution in [-0.4, -0.2) is 75.9 Å². The van der Waals surface area contributed by atoms with Gasteiger partial charge in [-0.05, 0) is 30.2 Å². The van der Waals surface area contributed by atoms with Crippen LogP contribution in [0.1, 0.15) is 20.3 Å². The summed E-state index contributed by atoms with van der Waals surface area (Å²) in [5, 5.41) is 29.7. The predicted molar refractivity (Wildman–Crippen MR) is 120 cm³/mol. The Morgan fingerprint density at radius 2 is 1.51 bits per heavy atom. The minimum absolute atomic E-state index is 0.117. The molecule has 1 aromatic rings. The lowest BCUT2D eigenvalue weighted by Gasteiger charge is -2.22. The van der Waals surface area contributed by atoms with Crippen molar-refractivity contribution in [3.63, 3.8) is 0 Å². The number of benzene rings is 1. The Bertz CT molecular complexity index is 994. The van der Waals surface area contributed by atoms with Crippen molar-refractivity contribution < 1.29 is 57.2 Å². The van der Waals surface area contributed by atoms with Crippen LogP contribution in [0.2, 0.25) is 0 Å². The summed E-state index contributed by atoms with van der Waals surface area (Å²) in [6.07, 6.45) is -5.81. The first kappa shape index (κ1) is 32.4. The van der Waals surface area contributed by atoms with E-state index >= 15 is 0 Å². The first-order valence-electron chi connectivity index (χ1n) is 10.1. The summed E-state index contributed by atoms with van der Waals surface area (Å²) < 4.78 is 37.0. The van der Waals surface area contributed by atoms with Gasteiger partial charge in [-0.15, -0.1) is 0 Å². The van der Waals surface area contributed by atoms with E-state index in [1.807, 2.05) is 0 Å². The summed E-state index contributed by atoms with van der Waals surface area (Å²) in [6.45, 7) is 2.66. The normalized spacial score (nSPS) is 12.2. The Hall–Kier alpha value is -4.57. The molecule has 0 aliphatic heterocycles. The van der Waals surface area contributed by atoms with E-state index in [1.165, 1.54) is 12.1 Å². The fourth-order valence-corrected chi connectivity index (χ4v) is 2.30. The fraction of sp³-hybridized carbons (Fsp3) is 0.400. The lowest BCUT2D eigenvalue weighted by molar-refractivity contribution is -0.192. The highest BCUT2D eigenvalue weighted by Crippen LogP contribution is 2.17. The van der Waals surface area contributed by atoms with Gasteiger partial charge in [0.25, 0.3) is 5.91 Å². The number of carbonyl (C=O) groups excluding carboxylic acids is 2. The van der Waals surface area contributed by atoms with Gasteiger partial charge in [0.15, 0.2) is 12.6 Å². The number of carboxylic acids is 3. The molecule has 14 nitrogen and oxygen atoms in total. The molecule has 0 aliphatic carbocycles. The van der Waals surface area contributed by atoms with Crippen molar-refractivity contribution in [1.29, 1.82) is 0 Å². The summed E-state index contributed by atoms with van der Waals surface area (Å²) in [5.74, 6) is -7.31. The number of hydrogen-bond donors (Lipinski definition) is 7.